The van der Waals surface area contributed by atoms with E-state index in [4.69, 9.17) is 18.9 Å². The first-order chi connectivity index (χ1) is 25.9. The van der Waals surface area contributed by atoms with E-state index in [1.807, 2.05) is 75.4 Å². The summed E-state index contributed by atoms with van der Waals surface area (Å²) in [7, 11) is 3.07. The molecule has 55 heavy (non-hydrogen) atoms. The van der Waals surface area contributed by atoms with Crippen LogP contribution >= 0.6 is 0 Å². The lowest BCUT2D eigenvalue weighted by atomic mass is 9.63. The summed E-state index contributed by atoms with van der Waals surface area (Å²) >= 11 is 0. The van der Waals surface area contributed by atoms with Crippen LogP contribution in [0.25, 0.3) is 0 Å². The smallest absolute Gasteiger partial charge is 0.311 e. The predicted molar refractivity (Wildman–Crippen MR) is 219 cm³/mol. The van der Waals surface area contributed by atoms with E-state index in [-0.39, 0.29) is 34.5 Å². The summed E-state index contributed by atoms with van der Waals surface area (Å²) in [5.41, 5.74) is 1.54. The topological polar surface area (TPSA) is 105 Å². The highest BCUT2D eigenvalue weighted by molar-refractivity contribution is 5.80. The molecular formula is C47H66O8. The monoisotopic (exact) mass is 758 g/mol. The number of esters is 3. The van der Waals surface area contributed by atoms with Gasteiger partial charge in [0.1, 0.15) is 17.3 Å². The molecular weight excluding hydrogens is 693 g/mol. The second-order valence-electron chi connectivity index (χ2n) is 16.3. The third-order valence-corrected chi connectivity index (χ3v) is 10.6. The molecule has 0 saturated heterocycles. The largest absolute Gasteiger partial charge is 0.497 e. The molecule has 3 aromatic rings. The van der Waals surface area contributed by atoms with Crippen LogP contribution in [0.15, 0.2) is 78.9 Å². The van der Waals surface area contributed by atoms with Crippen molar-refractivity contribution in [3.8, 4) is 11.5 Å². The first-order valence-electron chi connectivity index (χ1n) is 19.6. The maximum absolute atomic E-state index is 12.8. The van der Waals surface area contributed by atoms with Gasteiger partial charge in [0.15, 0.2) is 0 Å². The van der Waals surface area contributed by atoms with Gasteiger partial charge in [-0.05, 0) is 113 Å². The van der Waals surface area contributed by atoms with Crippen LogP contribution in [0.3, 0.4) is 0 Å². The average Bonchev–Trinajstić information content (AvgIpc) is 3.16. The van der Waals surface area contributed by atoms with Crippen LogP contribution < -0.4 is 9.47 Å². The third kappa shape index (κ3) is 14.3. The van der Waals surface area contributed by atoms with E-state index in [2.05, 4.69) is 58.9 Å². The maximum atomic E-state index is 12.8. The number of methoxy groups -OCH3 is 2. The van der Waals surface area contributed by atoms with Crippen molar-refractivity contribution in [2.75, 3.05) is 20.8 Å². The maximum Gasteiger partial charge on any atom is 0.311 e. The molecule has 0 aliphatic rings. The summed E-state index contributed by atoms with van der Waals surface area (Å²) < 4.78 is 21.2. The molecule has 302 valence electrons. The third-order valence-electron chi connectivity index (χ3n) is 10.6. The van der Waals surface area contributed by atoms with E-state index in [9.17, 15) is 19.2 Å². The van der Waals surface area contributed by atoms with Crippen LogP contribution in [0.4, 0.5) is 0 Å². The standard InChI is InChI=1S/C24H38O4.C23H28O4/c1-8-10-16-28-20(25)22(3,4)17-24(6,21(26)27-7)18-23(5,9-2)19-14-12-11-13-15-19;1-17(24)7-5-6-8-22(25)27-21-15-11-19(12-16-21)23(2,3)18-9-13-20(26-4)14-10-18/h11-15H,8-10,16-18H2,1-7H3;9-16H,5-8H2,1-4H3. The van der Waals surface area contributed by atoms with Crippen molar-refractivity contribution in [3.05, 3.63) is 95.6 Å². The predicted octanol–water partition coefficient (Wildman–Crippen LogP) is 10.8. The van der Waals surface area contributed by atoms with Crippen molar-refractivity contribution in [2.45, 2.75) is 131 Å². The molecule has 0 fully saturated rings. The van der Waals surface area contributed by atoms with Crippen LogP contribution in [0, 0.1) is 10.8 Å². The molecule has 8 nitrogen and oxygen atoms in total. The number of Topliss-reactive ketones (excluding diaryl/α,β-unsaturated/α-hetero) is 1. The number of ketones is 1. The Morgan fingerprint density at radius 2 is 1.16 bits per heavy atom. The summed E-state index contributed by atoms with van der Waals surface area (Å²) in [6.07, 6.45) is 5.90. The van der Waals surface area contributed by atoms with E-state index in [1.165, 1.54) is 18.2 Å². The van der Waals surface area contributed by atoms with Gasteiger partial charge in [-0.25, -0.2) is 0 Å². The van der Waals surface area contributed by atoms with Gasteiger partial charge < -0.3 is 23.7 Å². The van der Waals surface area contributed by atoms with Gasteiger partial charge in [-0.2, -0.15) is 0 Å². The number of rotatable bonds is 20. The van der Waals surface area contributed by atoms with E-state index in [0.29, 0.717) is 44.5 Å². The number of ether oxygens (including phenoxy) is 4. The summed E-state index contributed by atoms with van der Waals surface area (Å²) in [5.74, 6) is 0.728. The zero-order valence-corrected chi connectivity index (χ0v) is 35.3. The minimum absolute atomic E-state index is 0.151. The second kappa shape index (κ2) is 21.6. The molecule has 0 spiro atoms. The van der Waals surface area contributed by atoms with Gasteiger partial charge in [0.2, 0.25) is 0 Å². The summed E-state index contributed by atoms with van der Waals surface area (Å²) in [4.78, 5) is 48.3. The molecule has 0 heterocycles. The van der Waals surface area contributed by atoms with Crippen LogP contribution in [0.1, 0.15) is 137 Å². The Hall–Kier alpha value is -4.46. The Labute approximate surface area is 330 Å². The Kier molecular flexibility index (Phi) is 18.3. The molecule has 3 rings (SSSR count). The number of unbranched alkanes of at least 4 members (excludes halogenated alkanes) is 2. The average molecular weight is 759 g/mol. The van der Waals surface area contributed by atoms with Crippen LogP contribution in [0.5, 0.6) is 11.5 Å². The Morgan fingerprint density at radius 3 is 1.65 bits per heavy atom. The normalized spacial score (nSPS) is 13.6. The van der Waals surface area contributed by atoms with Gasteiger partial charge in [-0.15, -0.1) is 0 Å². The van der Waals surface area contributed by atoms with Crippen LogP contribution in [0.2, 0.25) is 0 Å². The first kappa shape index (κ1) is 46.7. The number of hydrogen-bond acceptors (Lipinski definition) is 8. The SMILES string of the molecule is CCCCOC(=O)C(C)(C)CC(C)(CC(C)(CC)c1ccccc1)C(=O)OC.COc1ccc(C(C)(C)c2ccc(OC(=O)CCCCC(C)=O)cc2)cc1. The molecule has 0 saturated carbocycles. The lowest BCUT2D eigenvalue weighted by Crippen LogP contribution is -2.42. The number of carbonyl (C=O) groups excluding carboxylic acids is 4. The number of benzene rings is 3. The minimum Gasteiger partial charge on any atom is -0.497 e. The molecule has 0 aliphatic heterocycles. The molecule has 3 aromatic carbocycles. The van der Waals surface area contributed by atoms with Gasteiger partial charge in [-0.3, -0.25) is 14.4 Å². The van der Waals surface area contributed by atoms with Crippen molar-refractivity contribution in [1.82, 2.24) is 0 Å². The molecule has 8 heteroatoms. The lowest BCUT2D eigenvalue weighted by molar-refractivity contribution is -0.162. The molecule has 0 bridgehead atoms. The zero-order valence-electron chi connectivity index (χ0n) is 35.3. The van der Waals surface area contributed by atoms with Crippen molar-refractivity contribution >= 4 is 23.7 Å². The molecule has 0 amide bonds. The Morgan fingerprint density at radius 1 is 0.618 bits per heavy atom. The highest BCUT2D eigenvalue weighted by Gasteiger charge is 2.47. The van der Waals surface area contributed by atoms with Crippen LogP contribution in [-0.2, 0) is 39.5 Å². The molecule has 0 N–H and O–H groups in total. The molecule has 0 aromatic heterocycles. The number of carbonyl (C=O) groups is 4. The van der Waals surface area contributed by atoms with E-state index < -0.39 is 10.8 Å². The van der Waals surface area contributed by atoms with Gasteiger partial charge >= 0.3 is 17.9 Å². The fraction of sp³-hybridized carbons (Fsp3) is 0.532. The molecule has 2 atom stereocenters. The van der Waals surface area contributed by atoms with Crippen molar-refractivity contribution in [1.29, 1.82) is 0 Å². The second-order valence-corrected chi connectivity index (χ2v) is 16.3. The summed E-state index contributed by atoms with van der Waals surface area (Å²) in [6, 6.07) is 25.9. The Balaban J connectivity index is 0.000000380. The number of hydrogen-bond donors (Lipinski definition) is 0. The van der Waals surface area contributed by atoms with Crippen molar-refractivity contribution in [2.24, 2.45) is 10.8 Å². The van der Waals surface area contributed by atoms with E-state index in [1.54, 1.807) is 14.0 Å². The highest BCUT2D eigenvalue weighted by Crippen LogP contribution is 2.46. The van der Waals surface area contributed by atoms with Gasteiger partial charge in [0.05, 0.1) is 31.7 Å². The molecule has 0 radical (unpaired) electrons. The summed E-state index contributed by atoms with van der Waals surface area (Å²) in [5, 5.41) is 0. The van der Waals surface area contributed by atoms with E-state index >= 15 is 0 Å². The zero-order chi connectivity index (χ0) is 41.3. The molecule has 2 unspecified atom stereocenters. The van der Waals surface area contributed by atoms with Gasteiger partial charge in [0.25, 0.3) is 0 Å². The van der Waals surface area contributed by atoms with Gasteiger partial charge in [-0.1, -0.05) is 95.6 Å². The minimum atomic E-state index is -0.803. The lowest BCUT2D eigenvalue weighted by Gasteiger charge is -2.41. The molecule has 0 aliphatic carbocycles. The van der Waals surface area contributed by atoms with Crippen LogP contribution in [-0.4, -0.2) is 44.5 Å². The summed E-state index contributed by atoms with van der Waals surface area (Å²) in [6.45, 7) is 18.3. The van der Waals surface area contributed by atoms with E-state index in [0.717, 1.165) is 37.0 Å². The van der Waals surface area contributed by atoms with Crippen molar-refractivity contribution in [3.63, 3.8) is 0 Å². The highest BCUT2D eigenvalue weighted by atomic mass is 16.5. The fourth-order valence-electron chi connectivity index (χ4n) is 7.08. The van der Waals surface area contributed by atoms with Gasteiger partial charge in [0, 0.05) is 18.3 Å². The Bertz CT molecular complexity index is 1640. The van der Waals surface area contributed by atoms with Crippen molar-refractivity contribution < 1.29 is 38.1 Å². The quantitative estimate of drug-likeness (QED) is 0.0637. The first-order valence-corrected chi connectivity index (χ1v) is 19.6. The fourth-order valence-corrected chi connectivity index (χ4v) is 7.08.